The Morgan fingerprint density at radius 3 is 2.69 bits per heavy atom. The number of nitrogens with one attached hydrogen (secondary N) is 2. The average Bonchev–Trinajstić information content (AvgIpc) is 2.28. The number of carbonyl (C=O) groups excluding carboxylic acids is 1. The number of hydrogen-bond donors (Lipinski definition) is 3. The molecule has 0 aliphatic rings. The molecular formula is C11H17N3O2. The summed E-state index contributed by atoms with van der Waals surface area (Å²) in [5.74, 6) is 0. The maximum atomic E-state index is 11.4. The van der Waals surface area contributed by atoms with Gasteiger partial charge in [-0.2, -0.15) is 0 Å². The van der Waals surface area contributed by atoms with Crippen molar-refractivity contribution in [1.29, 1.82) is 0 Å². The fourth-order valence-corrected chi connectivity index (χ4v) is 1.01. The van der Waals surface area contributed by atoms with Crippen LogP contribution in [0.1, 0.15) is 20.3 Å². The van der Waals surface area contributed by atoms with Gasteiger partial charge in [-0.3, -0.25) is 4.98 Å². The monoisotopic (exact) mass is 223 g/mol. The van der Waals surface area contributed by atoms with Crippen LogP contribution >= 0.6 is 0 Å². The zero-order valence-electron chi connectivity index (χ0n) is 9.53. The zero-order chi connectivity index (χ0) is 12.0. The molecule has 1 heterocycles. The molecule has 0 aliphatic carbocycles. The highest BCUT2D eigenvalue weighted by atomic mass is 16.3. The predicted molar refractivity (Wildman–Crippen MR) is 62.2 cm³/mol. The van der Waals surface area contributed by atoms with E-state index in [0.717, 1.165) is 0 Å². The maximum absolute atomic E-state index is 11.4. The number of hydrogen-bond acceptors (Lipinski definition) is 3. The lowest BCUT2D eigenvalue weighted by molar-refractivity contribution is 0.0587. The molecule has 0 saturated carbocycles. The molecule has 0 aromatic carbocycles. The first kappa shape index (κ1) is 12.4. The summed E-state index contributed by atoms with van der Waals surface area (Å²) in [4.78, 5) is 15.3. The Morgan fingerprint density at radius 1 is 1.50 bits per heavy atom. The lowest BCUT2D eigenvalue weighted by Crippen LogP contribution is -2.41. The Balaban J connectivity index is 2.38. The fraction of sp³-hybridized carbons (Fsp3) is 0.455. The molecule has 1 rings (SSSR count). The Morgan fingerprint density at radius 2 is 2.12 bits per heavy atom. The first-order chi connectivity index (χ1) is 7.53. The molecule has 0 fully saturated rings. The third-order valence-electron chi connectivity index (χ3n) is 2.33. The normalized spacial score (nSPS) is 13.9. The van der Waals surface area contributed by atoms with E-state index in [4.69, 9.17) is 0 Å². The summed E-state index contributed by atoms with van der Waals surface area (Å²) in [5, 5.41) is 14.9. The van der Waals surface area contributed by atoms with E-state index in [1.165, 1.54) is 0 Å². The highest BCUT2D eigenvalue weighted by Crippen LogP contribution is 2.06. The van der Waals surface area contributed by atoms with Crippen molar-refractivity contribution in [3.63, 3.8) is 0 Å². The van der Waals surface area contributed by atoms with Gasteiger partial charge in [0.15, 0.2) is 0 Å². The number of anilines is 1. The van der Waals surface area contributed by atoms with Crippen LogP contribution in [0.3, 0.4) is 0 Å². The third-order valence-corrected chi connectivity index (χ3v) is 2.33. The Bertz CT molecular complexity index is 338. The summed E-state index contributed by atoms with van der Waals surface area (Å²) < 4.78 is 0. The number of carbonyl (C=O) groups is 1. The van der Waals surface area contributed by atoms with Crippen molar-refractivity contribution in [1.82, 2.24) is 10.3 Å². The molecule has 1 unspecified atom stereocenters. The molecule has 5 nitrogen and oxygen atoms in total. The molecule has 3 N–H and O–H groups in total. The lowest BCUT2D eigenvalue weighted by atomic mass is 10.0. The van der Waals surface area contributed by atoms with Gasteiger partial charge in [-0.25, -0.2) is 4.79 Å². The number of nitrogens with zero attached hydrogens (tertiary/aromatic N) is 1. The van der Waals surface area contributed by atoms with Crippen LogP contribution < -0.4 is 10.6 Å². The topological polar surface area (TPSA) is 74.2 Å². The summed E-state index contributed by atoms with van der Waals surface area (Å²) in [6, 6.07) is 3.05. The first-order valence-electron chi connectivity index (χ1n) is 5.21. The van der Waals surface area contributed by atoms with Crippen molar-refractivity contribution in [2.45, 2.75) is 25.9 Å². The van der Waals surface area contributed by atoms with Crippen LogP contribution in [0.2, 0.25) is 0 Å². The van der Waals surface area contributed by atoms with Gasteiger partial charge in [0.05, 0.1) is 5.60 Å². The second-order valence-corrected chi connectivity index (χ2v) is 3.89. The minimum Gasteiger partial charge on any atom is -0.388 e. The van der Waals surface area contributed by atoms with Crippen molar-refractivity contribution in [2.75, 3.05) is 11.9 Å². The smallest absolute Gasteiger partial charge is 0.319 e. The Kier molecular flexibility index (Phi) is 4.25. The van der Waals surface area contributed by atoms with Gasteiger partial charge in [0.2, 0.25) is 0 Å². The summed E-state index contributed by atoms with van der Waals surface area (Å²) in [5.41, 5.74) is -0.195. The molecule has 2 amide bonds. The average molecular weight is 223 g/mol. The molecule has 0 saturated heterocycles. The number of amides is 2. The lowest BCUT2D eigenvalue weighted by Gasteiger charge is -2.21. The SMILES string of the molecule is CCC(C)(O)CNC(=O)Nc1ccncc1. The van der Waals surface area contributed by atoms with Crippen molar-refractivity contribution in [2.24, 2.45) is 0 Å². The predicted octanol–water partition coefficient (Wildman–Crippen LogP) is 1.36. The van der Waals surface area contributed by atoms with Crippen LogP contribution in [0.5, 0.6) is 0 Å². The van der Waals surface area contributed by atoms with Crippen LogP contribution in [0.15, 0.2) is 24.5 Å². The van der Waals surface area contributed by atoms with Gasteiger partial charge in [0, 0.05) is 24.6 Å². The number of aliphatic hydroxyl groups is 1. The molecule has 1 aromatic rings. The summed E-state index contributed by atoms with van der Waals surface area (Å²) >= 11 is 0. The minimum atomic E-state index is -0.865. The Hall–Kier alpha value is -1.62. The zero-order valence-corrected chi connectivity index (χ0v) is 9.53. The van der Waals surface area contributed by atoms with Crippen molar-refractivity contribution in [3.8, 4) is 0 Å². The van der Waals surface area contributed by atoms with Crippen LogP contribution in [0, 0.1) is 0 Å². The first-order valence-corrected chi connectivity index (χ1v) is 5.21. The highest BCUT2D eigenvalue weighted by Gasteiger charge is 2.18. The van der Waals surface area contributed by atoms with Gasteiger partial charge < -0.3 is 15.7 Å². The van der Waals surface area contributed by atoms with Crippen LogP contribution in [0.4, 0.5) is 10.5 Å². The van der Waals surface area contributed by atoms with E-state index < -0.39 is 5.60 Å². The van der Waals surface area contributed by atoms with Crippen molar-refractivity contribution >= 4 is 11.7 Å². The minimum absolute atomic E-state index is 0.223. The molecule has 0 bridgehead atoms. The largest absolute Gasteiger partial charge is 0.388 e. The van der Waals surface area contributed by atoms with E-state index in [1.807, 2.05) is 6.92 Å². The molecule has 0 radical (unpaired) electrons. The Labute approximate surface area is 94.9 Å². The van der Waals surface area contributed by atoms with Gasteiger partial charge in [0.1, 0.15) is 0 Å². The number of aromatic nitrogens is 1. The van der Waals surface area contributed by atoms with Gasteiger partial charge >= 0.3 is 6.03 Å². The highest BCUT2D eigenvalue weighted by molar-refractivity contribution is 5.89. The van der Waals surface area contributed by atoms with E-state index >= 15 is 0 Å². The molecule has 16 heavy (non-hydrogen) atoms. The van der Waals surface area contributed by atoms with E-state index in [-0.39, 0.29) is 12.6 Å². The molecule has 88 valence electrons. The third kappa shape index (κ3) is 4.27. The van der Waals surface area contributed by atoms with Crippen molar-refractivity contribution < 1.29 is 9.90 Å². The van der Waals surface area contributed by atoms with E-state index in [9.17, 15) is 9.90 Å². The number of rotatable bonds is 4. The fourth-order valence-electron chi connectivity index (χ4n) is 1.01. The van der Waals surface area contributed by atoms with E-state index in [2.05, 4.69) is 15.6 Å². The van der Waals surface area contributed by atoms with Crippen LogP contribution in [-0.4, -0.2) is 28.3 Å². The quantitative estimate of drug-likeness (QED) is 0.721. The van der Waals surface area contributed by atoms with Crippen LogP contribution in [-0.2, 0) is 0 Å². The molecular weight excluding hydrogens is 206 g/mol. The second kappa shape index (κ2) is 5.46. The van der Waals surface area contributed by atoms with E-state index in [1.54, 1.807) is 31.5 Å². The second-order valence-electron chi connectivity index (χ2n) is 3.89. The number of urea groups is 1. The van der Waals surface area contributed by atoms with Crippen molar-refractivity contribution in [3.05, 3.63) is 24.5 Å². The van der Waals surface area contributed by atoms with Gasteiger partial charge in [0.25, 0.3) is 0 Å². The summed E-state index contributed by atoms with van der Waals surface area (Å²) in [6.07, 6.45) is 3.78. The molecule has 0 spiro atoms. The summed E-state index contributed by atoms with van der Waals surface area (Å²) in [6.45, 7) is 3.77. The maximum Gasteiger partial charge on any atom is 0.319 e. The van der Waals surface area contributed by atoms with Crippen LogP contribution in [0.25, 0.3) is 0 Å². The molecule has 5 heteroatoms. The standard InChI is InChI=1S/C11H17N3O2/c1-3-11(2,16)8-13-10(15)14-9-4-6-12-7-5-9/h4-7,16H,3,8H2,1-2H3,(H2,12,13,14,15). The molecule has 1 aromatic heterocycles. The molecule has 1 atom stereocenters. The van der Waals surface area contributed by atoms with Gasteiger partial charge in [-0.15, -0.1) is 0 Å². The molecule has 0 aliphatic heterocycles. The van der Waals surface area contributed by atoms with Gasteiger partial charge in [-0.05, 0) is 25.5 Å². The number of pyridine rings is 1. The van der Waals surface area contributed by atoms with Gasteiger partial charge in [-0.1, -0.05) is 6.92 Å². The van der Waals surface area contributed by atoms with E-state index in [0.29, 0.717) is 12.1 Å². The summed E-state index contributed by atoms with van der Waals surface area (Å²) in [7, 11) is 0.